The molecular formula is C27H24FN3O4S. The Labute approximate surface area is 207 Å². The Morgan fingerprint density at radius 1 is 1.06 bits per heavy atom. The molecule has 1 saturated heterocycles. The van der Waals surface area contributed by atoms with E-state index >= 15 is 0 Å². The maximum Gasteiger partial charge on any atom is 0.248 e. The molecule has 4 aromatic rings. The number of Topliss-reactive ketones (excluding diaryl/α,β-unsaturated/α-hetero) is 1. The summed E-state index contributed by atoms with van der Waals surface area (Å²) in [6, 6.07) is 17.8. The predicted octanol–water partition coefficient (Wildman–Crippen LogP) is 4.33. The molecule has 0 radical (unpaired) electrons. The number of fused-ring (bicyclic) bond motifs is 1. The van der Waals surface area contributed by atoms with Gasteiger partial charge in [0.15, 0.2) is 15.6 Å². The molecule has 1 aromatic heterocycles. The number of carbonyl (C=O) groups is 2. The van der Waals surface area contributed by atoms with Crippen molar-refractivity contribution in [1.29, 1.82) is 0 Å². The number of aromatic nitrogens is 2. The molecule has 9 heteroatoms. The Balaban J connectivity index is 1.62. The number of nitrogens with zero attached hydrogens (tertiary/aromatic N) is 2. The van der Waals surface area contributed by atoms with Crippen molar-refractivity contribution in [1.82, 2.24) is 9.78 Å². The maximum absolute atomic E-state index is 13.6. The van der Waals surface area contributed by atoms with Crippen molar-refractivity contribution in [2.75, 3.05) is 11.5 Å². The third kappa shape index (κ3) is 4.54. The van der Waals surface area contributed by atoms with Crippen molar-refractivity contribution in [3.63, 3.8) is 0 Å². The highest BCUT2D eigenvalue weighted by Gasteiger charge is 2.40. The Hall–Kier alpha value is -3.85. The van der Waals surface area contributed by atoms with E-state index in [0.717, 1.165) is 5.39 Å². The first-order valence-electron chi connectivity index (χ1n) is 11.5. The molecule has 1 aliphatic rings. The quantitative estimate of drug-likeness (QED) is 0.392. The summed E-state index contributed by atoms with van der Waals surface area (Å²) in [7, 11) is -3.13. The lowest BCUT2D eigenvalue weighted by Crippen LogP contribution is -2.22. The second kappa shape index (κ2) is 8.67. The number of rotatable bonds is 6. The van der Waals surface area contributed by atoms with Gasteiger partial charge in [-0.2, -0.15) is 5.10 Å². The van der Waals surface area contributed by atoms with E-state index in [2.05, 4.69) is 0 Å². The number of sulfone groups is 1. The number of ketones is 1. The first-order chi connectivity index (χ1) is 17.0. The number of nitrogens with two attached hydrogens (primary N) is 1. The van der Waals surface area contributed by atoms with Crippen LogP contribution in [0.15, 0.2) is 66.7 Å². The molecule has 0 saturated carbocycles. The largest absolute Gasteiger partial charge is 0.366 e. The van der Waals surface area contributed by atoms with Crippen LogP contribution in [0, 0.1) is 11.2 Å². The Morgan fingerprint density at radius 3 is 2.47 bits per heavy atom. The fourth-order valence-corrected chi connectivity index (χ4v) is 7.06. The van der Waals surface area contributed by atoms with Gasteiger partial charge in [0.25, 0.3) is 0 Å². The predicted molar refractivity (Wildman–Crippen MR) is 135 cm³/mol. The summed E-state index contributed by atoms with van der Waals surface area (Å²) in [5, 5.41) is 5.48. The van der Waals surface area contributed by atoms with E-state index in [0.29, 0.717) is 40.0 Å². The SMILES string of the molecule is CC1(CC(=O)c2ccc3c(-c4cccc(C(N)=O)c4)nn(-c4ccc(F)cc4)c3c2)CCS(=O)(=O)C1. The third-order valence-corrected chi connectivity index (χ3v) is 8.63. The van der Waals surface area contributed by atoms with Crippen LogP contribution < -0.4 is 5.73 Å². The van der Waals surface area contributed by atoms with Gasteiger partial charge < -0.3 is 5.73 Å². The van der Waals surface area contributed by atoms with Crippen molar-refractivity contribution < 1.29 is 22.4 Å². The molecule has 1 unspecified atom stereocenters. The Bertz CT molecular complexity index is 1630. The number of benzene rings is 3. The lowest BCUT2D eigenvalue weighted by molar-refractivity contribution is 0.0933. The highest BCUT2D eigenvalue weighted by atomic mass is 32.2. The summed E-state index contributed by atoms with van der Waals surface area (Å²) in [5.41, 5.74) is 8.09. The van der Waals surface area contributed by atoms with E-state index in [9.17, 15) is 22.4 Å². The molecule has 36 heavy (non-hydrogen) atoms. The molecule has 2 N–H and O–H groups in total. The van der Waals surface area contributed by atoms with Crippen LogP contribution in [0.1, 0.15) is 40.5 Å². The van der Waals surface area contributed by atoms with Gasteiger partial charge in [-0.25, -0.2) is 17.5 Å². The number of primary amides is 1. The molecule has 184 valence electrons. The molecular weight excluding hydrogens is 481 g/mol. The minimum atomic E-state index is -3.13. The van der Waals surface area contributed by atoms with Gasteiger partial charge in [0, 0.05) is 28.5 Å². The molecule has 1 aliphatic heterocycles. The summed E-state index contributed by atoms with van der Waals surface area (Å²) in [6.07, 6.45) is 0.577. The minimum absolute atomic E-state index is 0.00183. The first-order valence-corrected chi connectivity index (χ1v) is 13.3. The van der Waals surface area contributed by atoms with Gasteiger partial charge in [-0.15, -0.1) is 0 Å². The molecule has 0 aliphatic carbocycles. The normalized spacial score (nSPS) is 18.9. The fraction of sp³-hybridized carbons (Fsp3) is 0.222. The van der Waals surface area contributed by atoms with Crippen molar-refractivity contribution in [2.45, 2.75) is 19.8 Å². The molecule has 1 atom stereocenters. The average Bonchev–Trinajstić information content (AvgIpc) is 3.35. The maximum atomic E-state index is 13.6. The standard InChI is InChI=1S/C27H24FN3O4S/c1-27(11-12-36(34,35)16-27)15-24(32)17-5-10-22-23(14-17)31(21-8-6-20(28)7-9-21)30-25(22)18-3-2-4-19(13-18)26(29)33/h2-10,13-14H,11-12,15-16H2,1H3,(H2,29,33). The lowest BCUT2D eigenvalue weighted by atomic mass is 9.83. The molecule has 5 rings (SSSR count). The first kappa shape index (κ1) is 23.9. The van der Waals surface area contributed by atoms with E-state index in [4.69, 9.17) is 10.8 Å². The van der Waals surface area contributed by atoms with E-state index in [1.165, 1.54) is 12.1 Å². The van der Waals surface area contributed by atoms with E-state index in [1.807, 2.05) is 13.0 Å². The smallest absolute Gasteiger partial charge is 0.248 e. The van der Waals surface area contributed by atoms with Crippen LogP contribution in [0.4, 0.5) is 4.39 Å². The average molecular weight is 506 g/mol. The van der Waals surface area contributed by atoms with Crippen LogP contribution in [0.2, 0.25) is 0 Å². The molecule has 1 fully saturated rings. The lowest BCUT2D eigenvalue weighted by Gasteiger charge is -2.20. The van der Waals surface area contributed by atoms with Crippen LogP contribution in [-0.2, 0) is 9.84 Å². The van der Waals surface area contributed by atoms with Crippen LogP contribution in [0.25, 0.3) is 27.8 Å². The number of amides is 1. The molecule has 2 heterocycles. The van der Waals surface area contributed by atoms with E-state index in [-0.39, 0.29) is 29.5 Å². The van der Waals surface area contributed by atoms with Crippen LogP contribution in [0.5, 0.6) is 0 Å². The van der Waals surface area contributed by atoms with Gasteiger partial charge in [0.05, 0.1) is 22.7 Å². The number of hydrogen-bond donors (Lipinski definition) is 1. The van der Waals surface area contributed by atoms with Crippen molar-refractivity contribution in [3.05, 3.63) is 83.7 Å². The van der Waals surface area contributed by atoms with Crippen molar-refractivity contribution in [2.24, 2.45) is 11.1 Å². The van der Waals surface area contributed by atoms with E-state index < -0.39 is 21.2 Å². The summed E-state index contributed by atoms with van der Waals surface area (Å²) in [4.78, 5) is 24.9. The number of carbonyl (C=O) groups excluding carboxylic acids is 2. The number of halogens is 1. The third-order valence-electron chi connectivity index (χ3n) is 6.67. The van der Waals surface area contributed by atoms with Crippen LogP contribution >= 0.6 is 0 Å². The summed E-state index contributed by atoms with van der Waals surface area (Å²) >= 11 is 0. The van der Waals surface area contributed by atoms with Gasteiger partial charge >= 0.3 is 0 Å². The van der Waals surface area contributed by atoms with Gasteiger partial charge in [-0.1, -0.05) is 25.1 Å². The Kier molecular flexibility index (Phi) is 5.75. The zero-order valence-electron chi connectivity index (χ0n) is 19.6. The fourth-order valence-electron chi connectivity index (χ4n) is 4.81. The zero-order chi connectivity index (χ0) is 25.7. The topological polar surface area (TPSA) is 112 Å². The molecule has 0 bridgehead atoms. The van der Waals surface area contributed by atoms with Crippen LogP contribution in [-0.4, -0.2) is 41.4 Å². The summed E-state index contributed by atoms with van der Waals surface area (Å²) < 4.78 is 39.2. The highest BCUT2D eigenvalue weighted by Crippen LogP contribution is 2.37. The van der Waals surface area contributed by atoms with E-state index in [1.54, 1.807) is 53.2 Å². The summed E-state index contributed by atoms with van der Waals surface area (Å²) in [6.45, 7) is 1.83. The molecule has 1 amide bonds. The molecule has 3 aromatic carbocycles. The monoisotopic (exact) mass is 505 g/mol. The van der Waals surface area contributed by atoms with Crippen molar-refractivity contribution in [3.8, 4) is 16.9 Å². The van der Waals surface area contributed by atoms with Gasteiger partial charge in [-0.05, 0) is 60.4 Å². The minimum Gasteiger partial charge on any atom is -0.366 e. The molecule has 0 spiro atoms. The Morgan fingerprint density at radius 2 is 1.81 bits per heavy atom. The summed E-state index contributed by atoms with van der Waals surface area (Å²) in [5.74, 6) is -1.00. The van der Waals surface area contributed by atoms with Gasteiger partial charge in [0.2, 0.25) is 5.91 Å². The van der Waals surface area contributed by atoms with Gasteiger partial charge in [0.1, 0.15) is 11.5 Å². The second-order valence-corrected chi connectivity index (χ2v) is 11.9. The van der Waals surface area contributed by atoms with Crippen LogP contribution in [0.3, 0.4) is 0 Å². The zero-order valence-corrected chi connectivity index (χ0v) is 20.4. The second-order valence-electron chi connectivity index (χ2n) is 9.67. The van der Waals surface area contributed by atoms with Gasteiger partial charge in [-0.3, -0.25) is 9.59 Å². The number of hydrogen-bond acceptors (Lipinski definition) is 5. The highest BCUT2D eigenvalue weighted by molar-refractivity contribution is 7.91. The molecule has 7 nitrogen and oxygen atoms in total. The van der Waals surface area contributed by atoms with Crippen molar-refractivity contribution >= 4 is 32.4 Å².